The van der Waals surface area contributed by atoms with Gasteiger partial charge in [0.1, 0.15) is 6.10 Å². The van der Waals surface area contributed by atoms with Gasteiger partial charge in [-0.1, -0.05) is 60.1 Å². The van der Waals surface area contributed by atoms with Gasteiger partial charge in [-0.3, -0.25) is 24.3 Å². The van der Waals surface area contributed by atoms with Crippen LogP contribution in [-0.4, -0.2) is 77.4 Å². The van der Waals surface area contributed by atoms with Crippen molar-refractivity contribution in [2.75, 3.05) is 33.7 Å². The Labute approximate surface area is 344 Å². The molecular weight excluding hydrogens is 711 g/mol. The summed E-state index contributed by atoms with van der Waals surface area (Å²) in [6, 6.07) is 6.38. The highest BCUT2D eigenvalue weighted by Gasteiger charge is 2.70. The molecule has 6 aliphatic carbocycles. The number of carboxylic acids is 1. The van der Waals surface area contributed by atoms with E-state index < -0.39 is 17.4 Å². The van der Waals surface area contributed by atoms with Gasteiger partial charge in [0.2, 0.25) is 0 Å². The number of carbonyl (C=O) groups excluding carboxylic acids is 2. The first-order valence-electron chi connectivity index (χ1n) is 22.6. The second kappa shape index (κ2) is 14.6. The van der Waals surface area contributed by atoms with Gasteiger partial charge in [-0.05, 0) is 163 Å². The van der Waals surface area contributed by atoms with Crippen LogP contribution in [0, 0.1) is 56.2 Å². The molecule has 5 fully saturated rings. The number of ether oxygens (including phenoxy) is 1. The number of allylic oxidation sites excluding steroid dienone is 2. The maximum Gasteiger partial charge on any atom is 0.309 e. The van der Waals surface area contributed by atoms with Crippen molar-refractivity contribution in [2.24, 2.45) is 56.2 Å². The smallest absolute Gasteiger partial charge is 0.309 e. The molecule has 57 heavy (non-hydrogen) atoms. The quantitative estimate of drug-likeness (QED) is 0.198. The third kappa shape index (κ3) is 6.77. The van der Waals surface area contributed by atoms with Crippen molar-refractivity contribution >= 4 is 17.7 Å². The largest absolute Gasteiger partial charge is 0.481 e. The second-order valence-electron chi connectivity index (χ2n) is 22.5. The Morgan fingerprint density at radius 2 is 1.61 bits per heavy atom. The first kappa shape index (κ1) is 42.5. The number of hydrogen-bond donors (Lipinski definition) is 1. The zero-order valence-corrected chi connectivity index (χ0v) is 37.4. The highest BCUT2D eigenvalue weighted by molar-refractivity contribution is 6.00. The van der Waals surface area contributed by atoms with Gasteiger partial charge in [-0.15, -0.1) is 0 Å². The fourth-order valence-corrected chi connectivity index (χ4v) is 14.6. The highest BCUT2D eigenvalue weighted by Crippen LogP contribution is 2.77. The van der Waals surface area contributed by atoms with Crippen molar-refractivity contribution in [2.45, 2.75) is 157 Å². The second-order valence-corrected chi connectivity index (χ2v) is 22.5. The molecule has 8 atom stereocenters. The minimum Gasteiger partial charge on any atom is -0.481 e. The average Bonchev–Trinajstić information content (AvgIpc) is 3.87. The number of ketones is 1. The molecule has 0 aromatic carbocycles. The van der Waals surface area contributed by atoms with Gasteiger partial charge in [0.25, 0.3) is 0 Å². The Morgan fingerprint density at radius 3 is 2.23 bits per heavy atom. The molecule has 7 rings (SSSR count). The Balaban J connectivity index is 1.16. The molecule has 8 heteroatoms. The van der Waals surface area contributed by atoms with Crippen LogP contribution >= 0.6 is 0 Å². The van der Waals surface area contributed by atoms with Gasteiger partial charge in [-0.25, -0.2) is 0 Å². The third-order valence-corrected chi connectivity index (χ3v) is 18.1. The third-order valence-electron chi connectivity index (χ3n) is 18.1. The van der Waals surface area contributed by atoms with Crippen LogP contribution in [0.4, 0.5) is 0 Å². The lowest BCUT2D eigenvalue weighted by molar-refractivity contribution is -0.233. The zero-order valence-electron chi connectivity index (χ0n) is 37.4. The summed E-state index contributed by atoms with van der Waals surface area (Å²) in [5.41, 5.74) is 2.85. The molecule has 0 aliphatic heterocycles. The average molecular weight is 786 g/mol. The summed E-state index contributed by atoms with van der Waals surface area (Å²) >= 11 is 0. The number of carbonyl (C=O) groups is 3. The molecule has 0 spiro atoms. The Hall–Kier alpha value is -2.58. The summed E-state index contributed by atoms with van der Waals surface area (Å²) in [7, 11) is 4.34. The molecule has 0 unspecified atom stereocenters. The Bertz CT molecular complexity index is 1760. The van der Waals surface area contributed by atoms with Crippen LogP contribution < -0.4 is 0 Å². The van der Waals surface area contributed by atoms with Gasteiger partial charge in [0, 0.05) is 36.5 Å². The number of esters is 1. The normalized spacial score (nSPS) is 36.8. The van der Waals surface area contributed by atoms with Crippen molar-refractivity contribution in [3.63, 3.8) is 0 Å². The maximum absolute atomic E-state index is 14.4. The number of fused-ring (bicyclic) bond motifs is 7. The topological polar surface area (TPSA) is 100 Å². The van der Waals surface area contributed by atoms with Crippen LogP contribution in [0.2, 0.25) is 0 Å². The van der Waals surface area contributed by atoms with E-state index in [1.807, 2.05) is 12.3 Å². The van der Waals surface area contributed by atoms with Crippen LogP contribution in [0.1, 0.15) is 151 Å². The summed E-state index contributed by atoms with van der Waals surface area (Å²) in [5.74, 6) is 0.648. The zero-order chi connectivity index (χ0) is 41.6. The first-order valence-corrected chi connectivity index (χ1v) is 22.6. The lowest BCUT2D eigenvalue weighted by atomic mass is 9.33. The van der Waals surface area contributed by atoms with Crippen LogP contribution in [-0.2, 0) is 24.7 Å². The van der Waals surface area contributed by atoms with Crippen LogP contribution in [0.5, 0.6) is 0 Å². The van der Waals surface area contributed by atoms with Crippen molar-refractivity contribution in [3.05, 3.63) is 41.2 Å². The summed E-state index contributed by atoms with van der Waals surface area (Å²) in [5, 5.41) is 9.67. The lowest BCUT2D eigenvalue weighted by Gasteiger charge is -2.72. The van der Waals surface area contributed by atoms with Gasteiger partial charge in [0.05, 0.1) is 23.1 Å². The number of Topliss-reactive ketones (excluding diaryl/α,β-unsaturated/α-hetero) is 1. The molecule has 0 radical (unpaired) electrons. The molecular formula is C49H75N3O5. The van der Waals surface area contributed by atoms with Crippen molar-refractivity contribution in [1.29, 1.82) is 0 Å². The maximum atomic E-state index is 14.4. The number of carboxylic acid groups (broad SMARTS) is 1. The molecule has 8 nitrogen and oxygen atoms in total. The first-order chi connectivity index (χ1) is 26.6. The summed E-state index contributed by atoms with van der Waals surface area (Å²) in [4.78, 5) is 49.3. The van der Waals surface area contributed by atoms with E-state index in [4.69, 9.17) is 9.72 Å². The number of aliphatic carboxylic acids is 1. The van der Waals surface area contributed by atoms with Gasteiger partial charge in [0.15, 0.2) is 5.78 Å². The number of nitrogens with zero attached hydrogens (tertiary/aromatic N) is 3. The molecule has 1 heterocycles. The van der Waals surface area contributed by atoms with E-state index in [0.29, 0.717) is 30.0 Å². The van der Waals surface area contributed by atoms with Gasteiger partial charge in [-0.2, -0.15) is 0 Å². The standard InChI is InChI=1S/C49H75N3O5/c1-32(2)40-34(53)30-48(25-27-52(29-28-51(10)11)49(23-24-49)37-14-12-13-26-50-37)22-21-46(8)33(41(40)48)15-16-36-45(7)19-18-38(57-39(54)31-43(3,4)42(55)56)44(5,6)35(45)17-20-47(36,46)9/h12-14,26,32-33,35-36,38H,15-25,27-31H2,1-11H3,(H,55,56)/t33-,35+,36-,38+,45+,46-,47-,48-/m1/s1. The van der Waals surface area contributed by atoms with Gasteiger partial charge < -0.3 is 14.7 Å². The molecule has 1 aromatic rings. The van der Waals surface area contributed by atoms with E-state index in [2.05, 4.69) is 84.5 Å². The van der Waals surface area contributed by atoms with E-state index >= 15 is 0 Å². The van der Waals surface area contributed by atoms with E-state index in [1.54, 1.807) is 19.4 Å². The minimum atomic E-state index is -1.15. The number of aromatic nitrogens is 1. The van der Waals surface area contributed by atoms with E-state index in [1.165, 1.54) is 24.1 Å². The molecule has 1 aromatic heterocycles. The van der Waals surface area contributed by atoms with Crippen LogP contribution in [0.25, 0.3) is 0 Å². The van der Waals surface area contributed by atoms with Crippen LogP contribution in [0.3, 0.4) is 0 Å². The fraction of sp³-hybridized carbons (Fsp3) is 0.796. The SMILES string of the molecule is CC(C)C1=C2[C@H]3CC[C@@H]4[C@@]5(C)CC[C@H](OC(=O)CC(C)(C)C(=O)O)C(C)(C)[C@@H]5CC[C@@]4(C)[C@]3(C)CC[C@@]2(CCN(CCN(C)C)C2(c3ccccn3)CC2)CC1=O. The van der Waals surface area contributed by atoms with E-state index in [9.17, 15) is 19.5 Å². The summed E-state index contributed by atoms with van der Waals surface area (Å²) < 4.78 is 6.22. The summed E-state index contributed by atoms with van der Waals surface area (Å²) in [6.07, 6.45) is 14.3. The molecule has 0 amide bonds. The molecule has 1 N–H and O–H groups in total. The Morgan fingerprint density at radius 1 is 0.895 bits per heavy atom. The van der Waals surface area contributed by atoms with Crippen LogP contribution in [0.15, 0.2) is 35.5 Å². The molecule has 0 saturated heterocycles. The predicted molar refractivity (Wildman–Crippen MR) is 225 cm³/mol. The predicted octanol–water partition coefficient (Wildman–Crippen LogP) is 9.72. The highest BCUT2D eigenvalue weighted by atomic mass is 16.5. The fourth-order valence-electron chi connectivity index (χ4n) is 14.6. The molecule has 316 valence electrons. The van der Waals surface area contributed by atoms with Crippen molar-refractivity contribution in [3.8, 4) is 0 Å². The lowest BCUT2D eigenvalue weighted by Crippen LogP contribution is -2.65. The number of pyridine rings is 1. The van der Waals surface area contributed by atoms with Crippen molar-refractivity contribution in [1.82, 2.24) is 14.8 Å². The molecule has 0 bridgehead atoms. The number of rotatable bonds is 13. The Kier molecular flexibility index (Phi) is 10.9. The van der Waals surface area contributed by atoms with E-state index in [0.717, 1.165) is 77.4 Å². The molecule has 6 aliphatic rings. The summed E-state index contributed by atoms with van der Waals surface area (Å²) in [6.45, 7) is 23.2. The minimum absolute atomic E-state index is 0.00422. The van der Waals surface area contributed by atoms with Gasteiger partial charge >= 0.3 is 11.9 Å². The monoisotopic (exact) mass is 786 g/mol. The van der Waals surface area contributed by atoms with Crippen molar-refractivity contribution < 1.29 is 24.2 Å². The van der Waals surface area contributed by atoms with E-state index in [-0.39, 0.29) is 51.1 Å². The number of hydrogen-bond acceptors (Lipinski definition) is 7. The number of likely N-dealkylation sites (N-methyl/N-ethyl adjacent to an activating group) is 1. The molecule has 5 saturated carbocycles.